The highest BCUT2D eigenvalue weighted by atomic mass is 19.4. The molecule has 5 heteroatoms. The fraction of sp³-hybridized carbons (Fsp3) is 0.889. The maximum atomic E-state index is 12.7. The number of carbonyl (C=O) groups excluding carboxylic acids is 1. The normalized spacial score (nSPS) is 21.7. The van der Waals surface area contributed by atoms with Gasteiger partial charge in [0.2, 0.25) is 5.60 Å². The largest absolute Gasteiger partial charge is 0.450 e. The first-order valence-electron chi connectivity index (χ1n) is 4.64. The minimum Gasteiger partial charge on any atom is -0.450 e. The van der Waals surface area contributed by atoms with Crippen LogP contribution >= 0.6 is 0 Å². The first-order chi connectivity index (χ1) is 6.37. The predicted molar refractivity (Wildman–Crippen MR) is 43.6 cm³/mol. The molecule has 0 aliphatic heterocycles. The number of carbonyl (C=O) groups is 1. The van der Waals surface area contributed by atoms with Gasteiger partial charge in [0.15, 0.2) is 0 Å². The van der Waals surface area contributed by atoms with Gasteiger partial charge in [0.1, 0.15) is 0 Å². The highest BCUT2D eigenvalue weighted by Gasteiger charge is 2.57. The molecule has 0 spiro atoms. The Hall–Kier alpha value is -0.740. The zero-order chi connectivity index (χ0) is 10.8. The molecule has 1 saturated carbocycles. The molecule has 0 bridgehead atoms. The predicted octanol–water partition coefficient (Wildman–Crippen LogP) is 2.81. The molecule has 0 radical (unpaired) electrons. The van der Waals surface area contributed by atoms with Crippen molar-refractivity contribution >= 4 is 5.97 Å². The van der Waals surface area contributed by atoms with Gasteiger partial charge >= 0.3 is 12.1 Å². The monoisotopic (exact) mass is 210 g/mol. The number of hydrogen-bond acceptors (Lipinski definition) is 2. The van der Waals surface area contributed by atoms with Crippen LogP contribution in [0.5, 0.6) is 0 Å². The van der Waals surface area contributed by atoms with Crippen LogP contribution in [0.4, 0.5) is 13.2 Å². The van der Waals surface area contributed by atoms with Crippen LogP contribution in [0.25, 0.3) is 0 Å². The molecule has 0 aromatic heterocycles. The Bertz CT molecular complexity index is 217. The molecule has 0 saturated heterocycles. The van der Waals surface area contributed by atoms with Crippen LogP contribution in [0.15, 0.2) is 0 Å². The van der Waals surface area contributed by atoms with Gasteiger partial charge in [-0.1, -0.05) is 6.42 Å². The van der Waals surface area contributed by atoms with E-state index in [4.69, 9.17) is 0 Å². The van der Waals surface area contributed by atoms with Crippen molar-refractivity contribution in [3.05, 3.63) is 0 Å². The van der Waals surface area contributed by atoms with E-state index in [0.29, 0.717) is 12.8 Å². The minimum absolute atomic E-state index is 0.101. The van der Waals surface area contributed by atoms with Gasteiger partial charge in [-0.05, 0) is 25.7 Å². The number of ether oxygens (including phenoxy) is 1. The minimum atomic E-state index is -4.45. The molecule has 0 amide bonds. The van der Waals surface area contributed by atoms with Crippen molar-refractivity contribution < 1.29 is 22.7 Å². The lowest BCUT2D eigenvalue weighted by atomic mass is 9.84. The van der Waals surface area contributed by atoms with Crippen LogP contribution in [0.2, 0.25) is 0 Å². The van der Waals surface area contributed by atoms with Crippen LogP contribution < -0.4 is 0 Å². The third kappa shape index (κ3) is 2.19. The topological polar surface area (TPSA) is 26.3 Å². The standard InChI is InChI=1S/C9H13F3O2/c1-7(13)14-8(9(10,11)12)5-3-2-4-6-8/h2-6H2,1H3. The van der Waals surface area contributed by atoms with E-state index < -0.39 is 17.7 Å². The lowest BCUT2D eigenvalue weighted by Gasteiger charge is -2.37. The second-order valence-electron chi connectivity index (χ2n) is 3.65. The summed E-state index contributed by atoms with van der Waals surface area (Å²) in [6, 6.07) is 0. The SMILES string of the molecule is CC(=O)OC1(C(F)(F)F)CCCCC1. The molecule has 0 aromatic rings. The van der Waals surface area contributed by atoms with Crippen LogP contribution in [-0.2, 0) is 9.53 Å². The van der Waals surface area contributed by atoms with Gasteiger partial charge in [-0.2, -0.15) is 13.2 Å². The van der Waals surface area contributed by atoms with Gasteiger partial charge in [-0.25, -0.2) is 0 Å². The van der Waals surface area contributed by atoms with Crippen molar-refractivity contribution in [2.45, 2.75) is 50.8 Å². The fourth-order valence-electron chi connectivity index (χ4n) is 1.84. The fourth-order valence-corrected chi connectivity index (χ4v) is 1.84. The molecular weight excluding hydrogens is 197 g/mol. The molecule has 0 N–H and O–H groups in total. The van der Waals surface area contributed by atoms with Gasteiger partial charge in [0.25, 0.3) is 0 Å². The molecule has 82 valence electrons. The van der Waals surface area contributed by atoms with Gasteiger partial charge in [-0.15, -0.1) is 0 Å². The summed E-state index contributed by atoms with van der Waals surface area (Å²) in [5.74, 6) is -0.857. The summed E-state index contributed by atoms with van der Waals surface area (Å²) >= 11 is 0. The molecule has 1 aliphatic carbocycles. The Morgan fingerprint density at radius 2 is 1.71 bits per heavy atom. The Morgan fingerprint density at radius 3 is 2.07 bits per heavy atom. The third-order valence-corrected chi connectivity index (χ3v) is 2.52. The summed E-state index contributed by atoms with van der Waals surface area (Å²) in [6.07, 6.45) is -2.94. The van der Waals surface area contributed by atoms with E-state index in [0.717, 1.165) is 13.3 Å². The highest BCUT2D eigenvalue weighted by Crippen LogP contribution is 2.44. The van der Waals surface area contributed by atoms with Crippen LogP contribution in [0.3, 0.4) is 0 Å². The van der Waals surface area contributed by atoms with Crippen molar-refractivity contribution in [2.24, 2.45) is 0 Å². The molecule has 0 atom stereocenters. The smallest absolute Gasteiger partial charge is 0.428 e. The summed E-state index contributed by atoms with van der Waals surface area (Å²) in [5.41, 5.74) is -2.21. The van der Waals surface area contributed by atoms with E-state index >= 15 is 0 Å². The maximum Gasteiger partial charge on any atom is 0.428 e. The lowest BCUT2D eigenvalue weighted by Crippen LogP contribution is -2.50. The number of halogens is 3. The van der Waals surface area contributed by atoms with E-state index in [1.165, 1.54) is 0 Å². The number of hydrogen-bond donors (Lipinski definition) is 0. The molecule has 14 heavy (non-hydrogen) atoms. The zero-order valence-corrected chi connectivity index (χ0v) is 7.99. The summed E-state index contributed by atoms with van der Waals surface area (Å²) in [4.78, 5) is 10.6. The first-order valence-corrected chi connectivity index (χ1v) is 4.64. The van der Waals surface area contributed by atoms with E-state index in [2.05, 4.69) is 4.74 Å². The van der Waals surface area contributed by atoms with Gasteiger partial charge in [0.05, 0.1) is 0 Å². The van der Waals surface area contributed by atoms with E-state index in [-0.39, 0.29) is 12.8 Å². The third-order valence-electron chi connectivity index (χ3n) is 2.52. The van der Waals surface area contributed by atoms with Crippen molar-refractivity contribution in [3.8, 4) is 0 Å². The summed E-state index contributed by atoms with van der Waals surface area (Å²) in [6.45, 7) is 1.02. The van der Waals surface area contributed by atoms with E-state index in [9.17, 15) is 18.0 Å². The average molecular weight is 210 g/mol. The Balaban J connectivity index is 2.83. The van der Waals surface area contributed by atoms with Crippen molar-refractivity contribution in [1.82, 2.24) is 0 Å². The quantitative estimate of drug-likeness (QED) is 0.622. The number of alkyl halides is 3. The van der Waals surface area contributed by atoms with Crippen molar-refractivity contribution in [1.29, 1.82) is 0 Å². The van der Waals surface area contributed by atoms with Crippen molar-refractivity contribution in [2.75, 3.05) is 0 Å². The Kier molecular flexibility index (Phi) is 3.07. The Morgan fingerprint density at radius 1 is 1.21 bits per heavy atom. The van der Waals surface area contributed by atoms with E-state index in [1.54, 1.807) is 0 Å². The molecule has 0 aromatic carbocycles. The molecular formula is C9H13F3O2. The number of rotatable bonds is 1. The Labute approximate surface area is 80.4 Å². The van der Waals surface area contributed by atoms with Gasteiger partial charge in [0, 0.05) is 6.92 Å². The number of esters is 1. The second-order valence-corrected chi connectivity index (χ2v) is 3.65. The van der Waals surface area contributed by atoms with Crippen LogP contribution in [0.1, 0.15) is 39.0 Å². The molecule has 1 fully saturated rings. The van der Waals surface area contributed by atoms with Gasteiger partial charge < -0.3 is 4.74 Å². The van der Waals surface area contributed by atoms with Gasteiger partial charge in [-0.3, -0.25) is 4.79 Å². The molecule has 0 heterocycles. The first kappa shape index (κ1) is 11.3. The zero-order valence-electron chi connectivity index (χ0n) is 7.99. The average Bonchev–Trinajstić information content (AvgIpc) is 2.02. The second kappa shape index (κ2) is 3.79. The summed E-state index contributed by atoms with van der Waals surface area (Å²) < 4.78 is 42.5. The van der Waals surface area contributed by atoms with Crippen molar-refractivity contribution in [3.63, 3.8) is 0 Å². The molecule has 0 unspecified atom stereocenters. The summed E-state index contributed by atoms with van der Waals surface area (Å²) in [7, 11) is 0. The lowest BCUT2D eigenvalue weighted by molar-refractivity contribution is -0.278. The highest BCUT2D eigenvalue weighted by molar-refractivity contribution is 5.66. The molecule has 2 nitrogen and oxygen atoms in total. The maximum absolute atomic E-state index is 12.7. The molecule has 1 rings (SSSR count). The summed E-state index contributed by atoms with van der Waals surface area (Å²) in [5, 5.41) is 0. The molecule has 1 aliphatic rings. The van der Waals surface area contributed by atoms with Crippen LogP contribution in [0, 0.1) is 0 Å². The van der Waals surface area contributed by atoms with Crippen LogP contribution in [-0.4, -0.2) is 17.7 Å². The van der Waals surface area contributed by atoms with E-state index in [1.807, 2.05) is 0 Å².